The molecule has 0 aromatic heterocycles. The average molecular weight is 142 g/mol. The van der Waals surface area contributed by atoms with Crippen molar-refractivity contribution in [3.8, 4) is 0 Å². The first-order valence-corrected chi connectivity index (χ1v) is 3.55. The molecule has 1 unspecified atom stereocenters. The third-order valence-corrected chi connectivity index (χ3v) is 1.87. The van der Waals surface area contributed by atoms with E-state index in [0.717, 1.165) is 0 Å². The Morgan fingerprint density at radius 3 is 2.30 bits per heavy atom. The second kappa shape index (κ2) is 1.95. The third kappa shape index (κ3) is 0.904. The lowest BCUT2D eigenvalue weighted by Crippen LogP contribution is -2.71. The largest absolute Gasteiger partial charge is 0.336 e. The molecule has 0 aromatic carbocycles. The lowest BCUT2D eigenvalue weighted by Gasteiger charge is -2.46. The molecule has 1 atom stereocenters. The summed E-state index contributed by atoms with van der Waals surface area (Å²) in [5.41, 5.74) is 5.02. The van der Waals surface area contributed by atoms with Gasteiger partial charge in [-0.1, -0.05) is 0 Å². The Hall–Kier alpha value is -0.570. The van der Waals surface area contributed by atoms with Gasteiger partial charge in [0.1, 0.15) is 5.54 Å². The molecule has 1 aliphatic rings. The number of hydrogen-bond donors (Lipinski definition) is 1. The quantitative estimate of drug-likeness (QED) is 0.522. The summed E-state index contributed by atoms with van der Waals surface area (Å²) in [5.74, 6) is 0.0718. The van der Waals surface area contributed by atoms with E-state index in [1.165, 1.54) is 0 Å². The molecule has 0 aromatic rings. The molecule has 2 N–H and O–H groups in total. The molecule has 58 valence electrons. The second-order valence-corrected chi connectivity index (χ2v) is 3.44. The molecule has 1 rings (SSSR count). The number of β-lactam (4-membered cyclic amide) rings is 1. The highest BCUT2D eigenvalue weighted by molar-refractivity contribution is 5.92. The lowest BCUT2D eigenvalue weighted by molar-refractivity contribution is -0.151. The van der Waals surface area contributed by atoms with Gasteiger partial charge in [-0.05, 0) is 20.8 Å². The van der Waals surface area contributed by atoms with Crippen LogP contribution in [-0.4, -0.2) is 28.9 Å². The van der Waals surface area contributed by atoms with Crippen molar-refractivity contribution in [3.63, 3.8) is 0 Å². The van der Waals surface area contributed by atoms with E-state index in [4.69, 9.17) is 5.73 Å². The van der Waals surface area contributed by atoms with Gasteiger partial charge in [-0.15, -0.1) is 0 Å². The maximum atomic E-state index is 11.1. The summed E-state index contributed by atoms with van der Waals surface area (Å²) in [6, 6.07) is 0.295. The molecule has 0 bridgehead atoms. The molecule has 1 heterocycles. The molecule has 1 aliphatic heterocycles. The number of carbonyl (C=O) groups is 1. The Balaban J connectivity index is 2.55. The van der Waals surface area contributed by atoms with E-state index in [-0.39, 0.29) is 5.91 Å². The highest BCUT2D eigenvalue weighted by Crippen LogP contribution is 2.21. The maximum Gasteiger partial charge on any atom is 0.244 e. The Bertz CT molecular complexity index is 163. The predicted molar refractivity (Wildman–Crippen MR) is 39.4 cm³/mol. The summed E-state index contributed by atoms with van der Waals surface area (Å²) in [7, 11) is 0. The minimum atomic E-state index is -0.579. The lowest BCUT2D eigenvalue weighted by atomic mass is 9.91. The van der Waals surface area contributed by atoms with Gasteiger partial charge in [0.05, 0.1) is 0 Å². The monoisotopic (exact) mass is 142 g/mol. The van der Waals surface area contributed by atoms with Gasteiger partial charge in [-0.2, -0.15) is 0 Å². The minimum Gasteiger partial charge on any atom is -0.336 e. The highest BCUT2D eigenvalue weighted by Gasteiger charge is 2.45. The average Bonchev–Trinajstić information content (AvgIpc) is 1.82. The standard InChI is InChI=1S/C7H14N2O/c1-5(2)9-4-7(3,8)6(9)10/h5H,4,8H2,1-3H3. The van der Waals surface area contributed by atoms with Crippen LogP contribution in [0.3, 0.4) is 0 Å². The van der Waals surface area contributed by atoms with E-state index in [2.05, 4.69) is 0 Å². The zero-order chi connectivity index (χ0) is 7.94. The van der Waals surface area contributed by atoms with Crippen molar-refractivity contribution in [1.29, 1.82) is 0 Å². The minimum absolute atomic E-state index is 0.0718. The molecule has 0 spiro atoms. The fourth-order valence-corrected chi connectivity index (χ4v) is 1.15. The highest BCUT2D eigenvalue weighted by atomic mass is 16.2. The van der Waals surface area contributed by atoms with Crippen LogP contribution in [0.1, 0.15) is 20.8 Å². The Morgan fingerprint density at radius 1 is 1.70 bits per heavy atom. The fourth-order valence-electron chi connectivity index (χ4n) is 1.15. The van der Waals surface area contributed by atoms with Gasteiger partial charge in [-0.3, -0.25) is 4.79 Å². The van der Waals surface area contributed by atoms with Crippen LogP contribution in [0.2, 0.25) is 0 Å². The number of carbonyl (C=O) groups excluding carboxylic acids is 1. The Kier molecular flexibility index (Phi) is 1.47. The zero-order valence-corrected chi connectivity index (χ0v) is 6.72. The normalized spacial score (nSPS) is 32.9. The van der Waals surface area contributed by atoms with E-state index in [1.807, 2.05) is 13.8 Å². The maximum absolute atomic E-state index is 11.1. The van der Waals surface area contributed by atoms with Crippen molar-refractivity contribution < 1.29 is 4.79 Å². The summed E-state index contributed by atoms with van der Waals surface area (Å²) in [6.07, 6.45) is 0. The number of nitrogens with two attached hydrogens (primary N) is 1. The number of rotatable bonds is 1. The number of amides is 1. The Labute approximate surface area is 61.2 Å². The van der Waals surface area contributed by atoms with E-state index >= 15 is 0 Å². The molecule has 0 saturated carbocycles. The second-order valence-electron chi connectivity index (χ2n) is 3.44. The van der Waals surface area contributed by atoms with E-state index in [9.17, 15) is 4.79 Å². The van der Waals surface area contributed by atoms with Gasteiger partial charge in [0.15, 0.2) is 0 Å². The van der Waals surface area contributed by atoms with Crippen LogP contribution in [0.5, 0.6) is 0 Å². The summed E-state index contributed by atoms with van der Waals surface area (Å²) in [5, 5.41) is 0. The van der Waals surface area contributed by atoms with E-state index < -0.39 is 5.54 Å². The van der Waals surface area contributed by atoms with Crippen molar-refractivity contribution in [2.45, 2.75) is 32.4 Å². The first kappa shape index (κ1) is 7.54. The summed E-state index contributed by atoms with van der Waals surface area (Å²) in [6.45, 7) is 6.46. The molecule has 0 radical (unpaired) electrons. The van der Waals surface area contributed by atoms with Gasteiger partial charge < -0.3 is 10.6 Å². The topological polar surface area (TPSA) is 46.3 Å². The molecule has 3 nitrogen and oxygen atoms in total. The van der Waals surface area contributed by atoms with E-state index in [0.29, 0.717) is 12.6 Å². The van der Waals surface area contributed by atoms with Crippen molar-refractivity contribution in [3.05, 3.63) is 0 Å². The van der Waals surface area contributed by atoms with E-state index in [1.54, 1.807) is 11.8 Å². The smallest absolute Gasteiger partial charge is 0.244 e. The van der Waals surface area contributed by atoms with Crippen LogP contribution in [0.4, 0.5) is 0 Å². The summed E-state index contributed by atoms with van der Waals surface area (Å²) >= 11 is 0. The zero-order valence-electron chi connectivity index (χ0n) is 6.72. The van der Waals surface area contributed by atoms with Crippen molar-refractivity contribution in [1.82, 2.24) is 4.90 Å². The van der Waals surface area contributed by atoms with Crippen LogP contribution >= 0.6 is 0 Å². The number of nitrogens with zero attached hydrogens (tertiary/aromatic N) is 1. The molecule has 1 saturated heterocycles. The van der Waals surface area contributed by atoms with Crippen LogP contribution in [0.15, 0.2) is 0 Å². The van der Waals surface area contributed by atoms with Crippen molar-refractivity contribution in [2.75, 3.05) is 6.54 Å². The Morgan fingerprint density at radius 2 is 2.20 bits per heavy atom. The fraction of sp³-hybridized carbons (Fsp3) is 0.857. The number of likely N-dealkylation sites (tertiary alicyclic amines) is 1. The van der Waals surface area contributed by atoms with Gasteiger partial charge in [0, 0.05) is 12.6 Å². The van der Waals surface area contributed by atoms with Gasteiger partial charge in [0.2, 0.25) is 5.91 Å². The molecule has 10 heavy (non-hydrogen) atoms. The van der Waals surface area contributed by atoms with Crippen molar-refractivity contribution in [2.24, 2.45) is 5.73 Å². The van der Waals surface area contributed by atoms with Gasteiger partial charge in [-0.25, -0.2) is 0 Å². The summed E-state index contributed by atoms with van der Waals surface area (Å²) in [4.78, 5) is 12.9. The molecule has 1 fully saturated rings. The van der Waals surface area contributed by atoms with Crippen LogP contribution < -0.4 is 5.73 Å². The molecular weight excluding hydrogens is 128 g/mol. The van der Waals surface area contributed by atoms with Crippen LogP contribution in [0, 0.1) is 0 Å². The van der Waals surface area contributed by atoms with Gasteiger partial charge >= 0.3 is 0 Å². The van der Waals surface area contributed by atoms with Gasteiger partial charge in [0.25, 0.3) is 0 Å². The molecular formula is C7H14N2O. The van der Waals surface area contributed by atoms with Crippen LogP contribution in [0.25, 0.3) is 0 Å². The SMILES string of the molecule is CC(C)N1CC(C)(N)C1=O. The summed E-state index contributed by atoms with van der Waals surface area (Å²) < 4.78 is 0. The van der Waals surface area contributed by atoms with Crippen molar-refractivity contribution >= 4 is 5.91 Å². The molecule has 0 aliphatic carbocycles. The molecule has 3 heteroatoms. The molecule has 1 amide bonds. The first-order valence-electron chi connectivity index (χ1n) is 3.55. The number of hydrogen-bond acceptors (Lipinski definition) is 2. The predicted octanol–water partition coefficient (Wildman–Crippen LogP) is -0.0456. The van der Waals surface area contributed by atoms with Crippen LogP contribution in [-0.2, 0) is 4.79 Å². The first-order chi connectivity index (χ1) is 4.45. The third-order valence-electron chi connectivity index (χ3n) is 1.87.